The Bertz CT molecular complexity index is 1070. The highest BCUT2D eigenvalue weighted by atomic mass is 16.6. The van der Waals surface area contributed by atoms with Crippen LogP contribution in [0.4, 0.5) is 0 Å². The predicted octanol–water partition coefficient (Wildman–Crippen LogP) is -0.513. The molecule has 0 radical (unpaired) electrons. The van der Waals surface area contributed by atoms with Gasteiger partial charge in [-0.2, -0.15) is 0 Å². The number of carbonyl (C=O) groups is 2. The lowest BCUT2D eigenvalue weighted by Crippen LogP contribution is -2.44. The molecule has 166 valence electrons. The Kier molecular flexibility index (Phi) is 6.96. The fourth-order valence-corrected chi connectivity index (χ4v) is 3.43. The zero-order valence-electron chi connectivity index (χ0n) is 16.9. The van der Waals surface area contributed by atoms with Gasteiger partial charge in [0.25, 0.3) is 5.56 Å². The molecule has 1 aliphatic rings. The second kappa shape index (κ2) is 9.48. The van der Waals surface area contributed by atoms with Crippen molar-refractivity contribution in [1.82, 2.24) is 9.13 Å². The van der Waals surface area contributed by atoms with Gasteiger partial charge in [-0.25, -0.2) is 4.79 Å². The van der Waals surface area contributed by atoms with Crippen molar-refractivity contribution in [2.75, 3.05) is 6.61 Å². The number of aliphatic hydroxyl groups is 3. The number of aromatic nitrogens is 2. The standard InChI is InChI=1S/C21H24N2O8/c1-2-3-14(25)12-4-6-13(7-5-12)15(26)10-23-17(27)8-9-22(21(23)30)20-19(29)18(28)16(11-24)31-20/h4-9,16,18-20,24,28-29H,2-3,10-11H2,1H3/t16-,18-,19-,20-/m1/s1. The van der Waals surface area contributed by atoms with Crippen LogP contribution < -0.4 is 11.2 Å². The molecule has 1 aliphatic heterocycles. The number of hydrogen-bond acceptors (Lipinski definition) is 8. The maximum atomic E-state index is 12.8. The van der Waals surface area contributed by atoms with E-state index in [4.69, 9.17) is 4.74 Å². The molecular formula is C21H24N2O8. The minimum atomic E-state index is -1.51. The normalized spacial score (nSPS) is 23.1. The number of aliphatic hydroxyl groups excluding tert-OH is 3. The fraction of sp³-hybridized carbons (Fsp3) is 0.429. The van der Waals surface area contributed by atoms with Crippen molar-refractivity contribution in [3.63, 3.8) is 0 Å². The average molecular weight is 432 g/mol. The molecule has 0 spiro atoms. The largest absolute Gasteiger partial charge is 0.394 e. The third kappa shape index (κ3) is 4.57. The Labute approximate surface area is 176 Å². The Hall–Kier alpha value is -2.92. The number of hydrogen-bond donors (Lipinski definition) is 3. The van der Waals surface area contributed by atoms with E-state index in [0.717, 1.165) is 16.8 Å². The lowest BCUT2D eigenvalue weighted by Gasteiger charge is -2.18. The van der Waals surface area contributed by atoms with Crippen molar-refractivity contribution in [3.05, 3.63) is 68.5 Å². The third-order valence-corrected chi connectivity index (χ3v) is 5.19. The van der Waals surface area contributed by atoms with E-state index in [0.29, 0.717) is 23.0 Å². The van der Waals surface area contributed by atoms with Gasteiger partial charge in [-0.3, -0.25) is 23.5 Å². The first-order valence-corrected chi connectivity index (χ1v) is 9.89. The van der Waals surface area contributed by atoms with Gasteiger partial charge in [0.2, 0.25) is 0 Å². The van der Waals surface area contributed by atoms with Gasteiger partial charge < -0.3 is 20.1 Å². The molecule has 10 heteroatoms. The molecule has 0 amide bonds. The SMILES string of the molecule is CCCC(=O)c1ccc(C(=O)Cn2c(=O)ccn([C@@H]3O[C@H](CO)[C@@H](O)[C@H]3O)c2=O)cc1. The van der Waals surface area contributed by atoms with Crippen molar-refractivity contribution < 1.29 is 29.6 Å². The summed E-state index contributed by atoms with van der Waals surface area (Å²) < 4.78 is 6.90. The van der Waals surface area contributed by atoms with Crippen molar-refractivity contribution in [2.45, 2.75) is 50.8 Å². The first-order chi connectivity index (χ1) is 14.8. The summed E-state index contributed by atoms with van der Waals surface area (Å²) in [5.74, 6) is -0.560. The Morgan fingerprint density at radius 1 is 1.00 bits per heavy atom. The van der Waals surface area contributed by atoms with Gasteiger partial charge in [-0.05, 0) is 6.42 Å². The molecule has 0 aliphatic carbocycles. The minimum Gasteiger partial charge on any atom is -0.394 e. The number of benzene rings is 1. The van der Waals surface area contributed by atoms with Gasteiger partial charge in [-0.1, -0.05) is 31.2 Å². The van der Waals surface area contributed by atoms with Crippen LogP contribution in [0.2, 0.25) is 0 Å². The summed E-state index contributed by atoms with van der Waals surface area (Å²) in [5.41, 5.74) is -0.939. The first-order valence-electron chi connectivity index (χ1n) is 9.89. The summed E-state index contributed by atoms with van der Waals surface area (Å²) in [6, 6.07) is 7.01. The molecule has 2 aromatic rings. The molecule has 0 saturated carbocycles. The predicted molar refractivity (Wildman–Crippen MR) is 108 cm³/mol. The van der Waals surface area contributed by atoms with Crippen LogP contribution in [-0.4, -0.2) is 60.9 Å². The molecular weight excluding hydrogens is 408 g/mol. The molecule has 1 fully saturated rings. The molecule has 1 aromatic carbocycles. The van der Waals surface area contributed by atoms with Crippen LogP contribution in [0.1, 0.15) is 46.7 Å². The van der Waals surface area contributed by atoms with Crippen molar-refractivity contribution in [1.29, 1.82) is 0 Å². The van der Waals surface area contributed by atoms with E-state index < -0.39 is 54.7 Å². The topological polar surface area (TPSA) is 148 Å². The smallest absolute Gasteiger partial charge is 0.333 e. The van der Waals surface area contributed by atoms with E-state index in [1.165, 1.54) is 24.3 Å². The highest BCUT2D eigenvalue weighted by molar-refractivity contribution is 5.99. The first kappa shape index (κ1) is 22.8. The van der Waals surface area contributed by atoms with Gasteiger partial charge >= 0.3 is 5.69 Å². The van der Waals surface area contributed by atoms with Crippen LogP contribution in [0.3, 0.4) is 0 Å². The average Bonchev–Trinajstić information content (AvgIpc) is 3.05. The molecule has 10 nitrogen and oxygen atoms in total. The summed E-state index contributed by atoms with van der Waals surface area (Å²) in [6.45, 7) is 0.758. The number of ketones is 2. The number of Topliss-reactive ketones (excluding diaryl/α,β-unsaturated/α-hetero) is 2. The molecule has 3 rings (SSSR count). The summed E-state index contributed by atoms with van der Waals surface area (Å²) in [7, 11) is 0. The van der Waals surface area contributed by atoms with Crippen LogP contribution in [0.15, 0.2) is 46.1 Å². The van der Waals surface area contributed by atoms with Crippen molar-refractivity contribution in [2.24, 2.45) is 0 Å². The van der Waals surface area contributed by atoms with Gasteiger partial charge in [0.05, 0.1) is 13.2 Å². The van der Waals surface area contributed by atoms with Crippen LogP contribution in [0.25, 0.3) is 0 Å². The number of carbonyl (C=O) groups excluding carboxylic acids is 2. The van der Waals surface area contributed by atoms with Crippen LogP contribution in [0, 0.1) is 0 Å². The zero-order valence-corrected chi connectivity index (χ0v) is 16.9. The highest BCUT2D eigenvalue weighted by Gasteiger charge is 2.43. The van der Waals surface area contributed by atoms with Crippen LogP contribution >= 0.6 is 0 Å². The van der Waals surface area contributed by atoms with Gasteiger partial charge in [0.1, 0.15) is 18.3 Å². The molecule has 0 bridgehead atoms. The van der Waals surface area contributed by atoms with E-state index in [1.54, 1.807) is 0 Å². The maximum absolute atomic E-state index is 12.8. The minimum absolute atomic E-state index is 0.0397. The summed E-state index contributed by atoms with van der Waals surface area (Å²) in [4.78, 5) is 49.6. The van der Waals surface area contributed by atoms with Crippen LogP contribution in [0.5, 0.6) is 0 Å². The quantitative estimate of drug-likeness (QED) is 0.472. The lowest BCUT2D eigenvalue weighted by atomic mass is 10.0. The number of ether oxygens (including phenoxy) is 1. The molecule has 2 heterocycles. The lowest BCUT2D eigenvalue weighted by molar-refractivity contribution is -0.0555. The summed E-state index contributed by atoms with van der Waals surface area (Å²) >= 11 is 0. The highest BCUT2D eigenvalue weighted by Crippen LogP contribution is 2.27. The number of rotatable bonds is 8. The molecule has 0 unspecified atom stereocenters. The fourth-order valence-electron chi connectivity index (χ4n) is 3.43. The molecule has 4 atom stereocenters. The van der Waals surface area contributed by atoms with E-state index in [2.05, 4.69) is 0 Å². The van der Waals surface area contributed by atoms with Gasteiger partial charge in [-0.15, -0.1) is 0 Å². The van der Waals surface area contributed by atoms with Crippen molar-refractivity contribution >= 4 is 11.6 Å². The Balaban J connectivity index is 1.85. The molecule has 1 saturated heterocycles. The molecule has 3 N–H and O–H groups in total. The van der Waals surface area contributed by atoms with E-state index in [-0.39, 0.29) is 11.3 Å². The van der Waals surface area contributed by atoms with E-state index in [1.807, 2.05) is 6.92 Å². The van der Waals surface area contributed by atoms with Gasteiger partial charge in [0, 0.05) is 29.8 Å². The van der Waals surface area contributed by atoms with Gasteiger partial charge in [0.15, 0.2) is 17.8 Å². The summed E-state index contributed by atoms with van der Waals surface area (Å²) in [6.07, 6.45) is -3.15. The van der Waals surface area contributed by atoms with E-state index >= 15 is 0 Å². The second-order valence-corrected chi connectivity index (χ2v) is 7.33. The third-order valence-electron chi connectivity index (χ3n) is 5.19. The van der Waals surface area contributed by atoms with Crippen molar-refractivity contribution in [3.8, 4) is 0 Å². The van der Waals surface area contributed by atoms with Crippen LogP contribution in [-0.2, 0) is 11.3 Å². The Morgan fingerprint density at radius 3 is 2.16 bits per heavy atom. The van der Waals surface area contributed by atoms with E-state index in [9.17, 15) is 34.5 Å². The number of nitrogens with zero attached hydrogens (tertiary/aromatic N) is 2. The maximum Gasteiger partial charge on any atom is 0.333 e. The zero-order chi connectivity index (χ0) is 22.7. The Morgan fingerprint density at radius 2 is 1.61 bits per heavy atom. The molecule has 1 aromatic heterocycles. The monoisotopic (exact) mass is 432 g/mol. The molecule has 31 heavy (non-hydrogen) atoms. The second-order valence-electron chi connectivity index (χ2n) is 7.33. The summed E-state index contributed by atoms with van der Waals surface area (Å²) in [5, 5.41) is 29.2.